The summed E-state index contributed by atoms with van der Waals surface area (Å²) in [4.78, 5) is 23.2. The molecule has 0 heterocycles. The topological polar surface area (TPSA) is 95.7 Å². The molecule has 1 aromatic rings. The average Bonchev–Trinajstić information content (AvgIpc) is 2.55. The molecule has 0 spiro atoms. The van der Waals surface area contributed by atoms with Crippen molar-refractivity contribution in [2.45, 2.75) is 19.4 Å². The van der Waals surface area contributed by atoms with Crippen molar-refractivity contribution in [2.75, 3.05) is 13.2 Å². The van der Waals surface area contributed by atoms with E-state index in [4.69, 9.17) is 15.2 Å². The average molecular weight is 335 g/mol. The van der Waals surface area contributed by atoms with Crippen LogP contribution in [0.3, 0.4) is 0 Å². The Morgan fingerprint density at radius 2 is 2.00 bits per heavy atom. The summed E-state index contributed by atoms with van der Waals surface area (Å²) in [5, 5.41) is 0. The van der Waals surface area contributed by atoms with Crippen LogP contribution in [0.5, 0.6) is 0 Å². The first-order valence-corrected chi connectivity index (χ1v) is 7.83. The molecule has 1 unspecified atom stereocenters. The van der Waals surface area contributed by atoms with Gasteiger partial charge in [-0.15, -0.1) is 0 Å². The minimum absolute atomic E-state index is 0.0532. The molecule has 0 fully saturated rings. The summed E-state index contributed by atoms with van der Waals surface area (Å²) >= 11 is 0. The zero-order chi connectivity index (χ0) is 17.1. The maximum atomic E-state index is 11.8. The maximum absolute atomic E-state index is 11.8. The van der Waals surface area contributed by atoms with Gasteiger partial charge in [0.1, 0.15) is 0 Å². The van der Waals surface area contributed by atoms with Crippen molar-refractivity contribution < 1.29 is 23.6 Å². The fourth-order valence-corrected chi connectivity index (χ4v) is 1.97. The van der Waals surface area contributed by atoms with Crippen LogP contribution in [0, 0.1) is 5.63 Å². The number of benzene rings is 1. The number of carbonyl (C=O) groups is 2. The number of nitrogens with two attached hydrogens (primary N) is 1. The van der Waals surface area contributed by atoms with Crippen LogP contribution in [-0.2, 0) is 18.8 Å². The molecule has 122 valence electrons. The van der Waals surface area contributed by atoms with E-state index in [0.717, 1.165) is 0 Å². The molecule has 7 heteroatoms. The summed E-state index contributed by atoms with van der Waals surface area (Å²) in [6.45, 7) is 1.95. The summed E-state index contributed by atoms with van der Waals surface area (Å²) in [7, 11) is -0.345. The predicted octanol–water partition coefficient (Wildman–Crippen LogP) is 2.30. The molecule has 23 heavy (non-hydrogen) atoms. The number of hydrogen-bond acceptors (Lipinski definition) is 6. The van der Waals surface area contributed by atoms with Crippen LogP contribution in [0.15, 0.2) is 42.0 Å². The Morgan fingerprint density at radius 3 is 2.61 bits per heavy atom. The second-order valence-electron chi connectivity index (χ2n) is 4.42. The molecule has 0 saturated carbocycles. The molecule has 0 aliphatic heterocycles. The molecule has 6 nitrogen and oxygen atoms in total. The molecule has 0 aliphatic carbocycles. The number of hydrogen-bond donors (Lipinski definition) is 1. The molecule has 0 bridgehead atoms. The van der Waals surface area contributed by atoms with Crippen molar-refractivity contribution in [1.82, 2.24) is 0 Å². The first-order chi connectivity index (χ1) is 11.1. The van der Waals surface area contributed by atoms with Gasteiger partial charge in [-0.3, -0.25) is 0 Å². The van der Waals surface area contributed by atoms with E-state index in [1.54, 1.807) is 37.3 Å². The van der Waals surface area contributed by atoms with Crippen molar-refractivity contribution in [3.05, 3.63) is 47.5 Å². The summed E-state index contributed by atoms with van der Waals surface area (Å²) in [5.74, 6) is -1.05. The van der Waals surface area contributed by atoms with Gasteiger partial charge in [-0.1, -0.05) is 0 Å². The van der Waals surface area contributed by atoms with Crippen LogP contribution in [0.1, 0.15) is 23.7 Å². The normalized spacial score (nSPS) is 12.0. The Morgan fingerprint density at radius 1 is 1.30 bits per heavy atom. The fraction of sp³-hybridized carbons (Fsp3) is 0.312. The van der Waals surface area contributed by atoms with Gasteiger partial charge in [0.15, 0.2) is 0 Å². The summed E-state index contributed by atoms with van der Waals surface area (Å²) in [6.07, 6.45) is 1.63. The summed E-state index contributed by atoms with van der Waals surface area (Å²) < 4.78 is 20.6. The van der Waals surface area contributed by atoms with Gasteiger partial charge in [-0.2, -0.15) is 0 Å². The van der Waals surface area contributed by atoms with E-state index in [0.29, 0.717) is 11.1 Å². The molecule has 0 aromatic heterocycles. The first-order valence-electron chi connectivity index (χ1n) is 7.02. The zero-order valence-electron chi connectivity index (χ0n) is 12.7. The van der Waals surface area contributed by atoms with E-state index in [2.05, 4.69) is 5.63 Å². The van der Waals surface area contributed by atoms with Crippen LogP contribution in [0.25, 0.3) is 0 Å². The Labute approximate surface area is 135 Å². The van der Waals surface area contributed by atoms with Crippen molar-refractivity contribution in [1.29, 1.82) is 0 Å². The summed E-state index contributed by atoms with van der Waals surface area (Å²) in [6, 6.07) is 7.57. The SMILES string of the molecule is CCOC(=O)C(N)C=C(C#P=O)CCOC(=O)c1ccccc1. The van der Waals surface area contributed by atoms with E-state index in [9.17, 15) is 14.2 Å². The molecule has 1 atom stereocenters. The van der Waals surface area contributed by atoms with Crippen molar-refractivity contribution in [2.24, 2.45) is 5.73 Å². The van der Waals surface area contributed by atoms with Crippen molar-refractivity contribution in [3.63, 3.8) is 0 Å². The van der Waals surface area contributed by atoms with Gasteiger partial charge in [0.05, 0.1) is 0 Å². The van der Waals surface area contributed by atoms with Gasteiger partial charge in [0.2, 0.25) is 0 Å². The first kappa shape index (κ1) is 18.9. The summed E-state index contributed by atoms with van der Waals surface area (Å²) in [5.41, 5.74) is 9.04. The third-order valence-electron chi connectivity index (χ3n) is 2.74. The number of rotatable bonds is 7. The second-order valence-corrected chi connectivity index (χ2v) is 4.83. The minimum atomic E-state index is -0.982. The number of carbonyl (C=O) groups excluding carboxylic acids is 2. The molecular weight excluding hydrogens is 317 g/mol. The fourth-order valence-electron chi connectivity index (χ4n) is 1.67. The molecule has 0 radical (unpaired) electrons. The van der Waals surface area contributed by atoms with Gasteiger partial charge in [-0.05, 0) is 0 Å². The van der Waals surface area contributed by atoms with Gasteiger partial charge in [0, 0.05) is 0 Å². The predicted molar refractivity (Wildman–Crippen MR) is 85.5 cm³/mol. The molecule has 1 rings (SSSR count). The molecule has 0 saturated heterocycles. The van der Waals surface area contributed by atoms with Gasteiger partial charge in [0.25, 0.3) is 0 Å². The van der Waals surface area contributed by atoms with E-state index in [1.807, 2.05) is 0 Å². The third-order valence-corrected chi connectivity index (χ3v) is 3.12. The Hall–Kier alpha value is -2.13. The quantitative estimate of drug-likeness (QED) is 0.607. The second kappa shape index (κ2) is 10.6. The van der Waals surface area contributed by atoms with E-state index < -0.39 is 18.0 Å². The molecular formula is C16H18NO5P. The van der Waals surface area contributed by atoms with Gasteiger partial charge in [-0.25, -0.2) is 0 Å². The molecule has 0 aliphatic rings. The molecule has 2 N–H and O–H groups in total. The van der Waals surface area contributed by atoms with E-state index in [-0.39, 0.29) is 27.6 Å². The van der Waals surface area contributed by atoms with E-state index >= 15 is 0 Å². The molecule has 1 aromatic carbocycles. The number of ether oxygens (including phenoxy) is 2. The Kier molecular flexibility index (Phi) is 8.70. The van der Waals surface area contributed by atoms with Crippen LogP contribution in [-0.4, -0.2) is 31.2 Å². The van der Waals surface area contributed by atoms with E-state index in [1.165, 1.54) is 6.08 Å². The zero-order valence-corrected chi connectivity index (χ0v) is 13.6. The van der Waals surface area contributed by atoms with Crippen LogP contribution in [0.2, 0.25) is 0 Å². The number of esters is 2. The monoisotopic (exact) mass is 335 g/mol. The van der Waals surface area contributed by atoms with Crippen LogP contribution >= 0.6 is 7.92 Å². The van der Waals surface area contributed by atoms with Crippen LogP contribution in [0.4, 0.5) is 0 Å². The van der Waals surface area contributed by atoms with Crippen molar-refractivity contribution in [3.8, 4) is 5.63 Å². The Balaban J connectivity index is 2.59. The standard InChI is InChI=1S/C16H18NO5P/c1-2-21-16(19)14(17)10-12(11-23-20)8-9-22-15(18)13-6-4-3-5-7-13/h3-7,10,14H,2,8-9,17H2,1H3. The third kappa shape index (κ3) is 7.11. The van der Waals surface area contributed by atoms with Gasteiger partial charge >= 0.3 is 135 Å². The van der Waals surface area contributed by atoms with Crippen LogP contribution < -0.4 is 5.73 Å². The van der Waals surface area contributed by atoms with Gasteiger partial charge < -0.3 is 0 Å². The molecule has 0 amide bonds. The van der Waals surface area contributed by atoms with Crippen molar-refractivity contribution >= 4 is 19.9 Å². The Bertz CT molecular complexity index is 666.